The Kier molecular flexibility index (Phi) is 6.98. The lowest BCUT2D eigenvalue weighted by Crippen LogP contribution is -2.32. The third-order valence-electron chi connectivity index (χ3n) is 11.6. The quantitative estimate of drug-likeness (QED) is 0.180. The van der Waals surface area contributed by atoms with E-state index in [0.29, 0.717) is 17.5 Å². The standard InChI is InChI=1S/C52H31N3OS/c1-3-13-32(14-4-1)33-23-25-35(26-24-33)50-53-49(34-15-5-2-6-16-34)54-51(55-50)36-27-28-47-39(29-36)40-30-46-44(31-48(40)57-47)52(43-21-11-12-22-45(43)56-46)41-19-9-7-17-37(41)38-18-8-10-20-42(38)52/h1-31H. The van der Waals surface area contributed by atoms with Gasteiger partial charge < -0.3 is 4.74 Å². The molecule has 4 nitrogen and oxygen atoms in total. The van der Waals surface area contributed by atoms with Gasteiger partial charge in [-0.2, -0.15) is 0 Å². The van der Waals surface area contributed by atoms with Crippen molar-refractivity contribution in [3.8, 4) is 67.9 Å². The number of fused-ring (bicyclic) bond motifs is 12. The van der Waals surface area contributed by atoms with E-state index in [-0.39, 0.29) is 0 Å². The van der Waals surface area contributed by atoms with Crippen LogP contribution in [0.2, 0.25) is 0 Å². The van der Waals surface area contributed by atoms with Gasteiger partial charge >= 0.3 is 0 Å². The molecule has 0 unspecified atom stereocenters. The van der Waals surface area contributed by atoms with Crippen LogP contribution in [0.3, 0.4) is 0 Å². The monoisotopic (exact) mass is 745 g/mol. The molecule has 57 heavy (non-hydrogen) atoms. The average Bonchev–Trinajstić information content (AvgIpc) is 3.79. The molecule has 8 aromatic carbocycles. The summed E-state index contributed by atoms with van der Waals surface area (Å²) in [6.45, 7) is 0. The second kappa shape index (κ2) is 12.4. The zero-order chi connectivity index (χ0) is 37.5. The zero-order valence-corrected chi connectivity index (χ0v) is 31.4. The number of rotatable bonds is 4. The normalized spacial score (nSPS) is 13.2. The summed E-state index contributed by atoms with van der Waals surface area (Å²) in [6.07, 6.45) is 0. The molecular weight excluding hydrogens is 715 g/mol. The van der Waals surface area contributed by atoms with E-state index >= 15 is 0 Å². The van der Waals surface area contributed by atoms with E-state index in [1.807, 2.05) is 47.7 Å². The van der Waals surface area contributed by atoms with E-state index in [2.05, 4.69) is 152 Å². The van der Waals surface area contributed by atoms with Crippen LogP contribution < -0.4 is 4.74 Å². The molecule has 0 atom stereocenters. The summed E-state index contributed by atoms with van der Waals surface area (Å²) in [5, 5.41) is 2.30. The molecule has 1 spiro atoms. The Morgan fingerprint density at radius 3 is 1.53 bits per heavy atom. The molecule has 266 valence electrons. The molecule has 2 aliphatic rings. The second-order valence-electron chi connectivity index (χ2n) is 14.7. The van der Waals surface area contributed by atoms with Crippen molar-refractivity contribution in [1.29, 1.82) is 0 Å². The highest BCUT2D eigenvalue weighted by molar-refractivity contribution is 7.25. The van der Waals surface area contributed by atoms with Gasteiger partial charge in [0.2, 0.25) is 0 Å². The topological polar surface area (TPSA) is 47.9 Å². The highest BCUT2D eigenvalue weighted by Crippen LogP contribution is 2.62. The van der Waals surface area contributed by atoms with Crippen molar-refractivity contribution >= 4 is 31.5 Å². The number of thiophene rings is 1. The number of aromatic nitrogens is 3. The first-order valence-corrected chi connectivity index (χ1v) is 20.0. The lowest BCUT2D eigenvalue weighted by atomic mass is 9.66. The first-order valence-electron chi connectivity index (χ1n) is 19.2. The van der Waals surface area contributed by atoms with Crippen molar-refractivity contribution in [2.45, 2.75) is 5.41 Å². The summed E-state index contributed by atoms with van der Waals surface area (Å²) < 4.78 is 9.28. The summed E-state index contributed by atoms with van der Waals surface area (Å²) >= 11 is 1.82. The number of hydrogen-bond acceptors (Lipinski definition) is 5. The maximum Gasteiger partial charge on any atom is 0.164 e. The molecule has 1 aliphatic heterocycles. The Morgan fingerprint density at radius 1 is 0.351 bits per heavy atom. The second-order valence-corrected chi connectivity index (χ2v) is 15.8. The Bertz CT molecular complexity index is 3160. The predicted octanol–water partition coefficient (Wildman–Crippen LogP) is 13.4. The van der Waals surface area contributed by atoms with Gasteiger partial charge in [0.15, 0.2) is 17.5 Å². The summed E-state index contributed by atoms with van der Waals surface area (Å²) in [7, 11) is 0. The largest absolute Gasteiger partial charge is 0.457 e. The van der Waals surface area contributed by atoms with Crippen molar-refractivity contribution in [2.75, 3.05) is 0 Å². The van der Waals surface area contributed by atoms with E-state index in [4.69, 9.17) is 19.7 Å². The summed E-state index contributed by atoms with van der Waals surface area (Å²) in [5.41, 5.74) is 12.1. The number of benzene rings is 8. The highest BCUT2D eigenvalue weighted by atomic mass is 32.1. The Morgan fingerprint density at radius 2 is 0.842 bits per heavy atom. The van der Waals surface area contributed by atoms with Crippen LogP contribution >= 0.6 is 11.3 Å². The van der Waals surface area contributed by atoms with Gasteiger partial charge in [0.25, 0.3) is 0 Å². The lowest BCUT2D eigenvalue weighted by Gasteiger charge is -2.39. The first kappa shape index (κ1) is 32.1. The average molecular weight is 746 g/mol. The van der Waals surface area contributed by atoms with Crippen molar-refractivity contribution < 1.29 is 4.74 Å². The Hall–Kier alpha value is -7.21. The fourth-order valence-electron chi connectivity index (χ4n) is 9.06. The van der Waals surface area contributed by atoms with Crippen LogP contribution in [-0.2, 0) is 5.41 Å². The predicted molar refractivity (Wildman–Crippen MR) is 232 cm³/mol. The van der Waals surface area contributed by atoms with Gasteiger partial charge in [0.1, 0.15) is 11.5 Å². The molecule has 0 radical (unpaired) electrons. The molecule has 2 aromatic heterocycles. The third kappa shape index (κ3) is 4.82. The molecule has 5 heteroatoms. The fourth-order valence-corrected chi connectivity index (χ4v) is 10.2. The summed E-state index contributed by atoms with van der Waals surface area (Å²) in [5.74, 6) is 3.68. The minimum absolute atomic E-state index is 0.499. The van der Waals surface area contributed by atoms with Crippen LogP contribution in [-0.4, -0.2) is 15.0 Å². The van der Waals surface area contributed by atoms with Gasteiger partial charge in [-0.3, -0.25) is 0 Å². The molecular formula is C52H31N3OS. The van der Waals surface area contributed by atoms with Crippen molar-refractivity contribution in [1.82, 2.24) is 15.0 Å². The maximum atomic E-state index is 6.87. The van der Waals surface area contributed by atoms with Gasteiger partial charge in [0, 0.05) is 48.0 Å². The number of para-hydroxylation sites is 1. The van der Waals surface area contributed by atoms with Gasteiger partial charge in [-0.05, 0) is 69.8 Å². The molecule has 10 aromatic rings. The Balaban J connectivity index is 1.03. The lowest BCUT2D eigenvalue weighted by molar-refractivity contribution is 0.437. The SMILES string of the molecule is c1ccc(-c2ccc(-c3nc(-c4ccccc4)nc(-c4ccc5sc6cc7c(cc6c5c4)Oc4ccccc4C74c5ccccc5-c5ccccc54)n3)cc2)cc1. The molecule has 0 N–H and O–H groups in total. The van der Waals surface area contributed by atoms with Gasteiger partial charge in [-0.15, -0.1) is 11.3 Å². The van der Waals surface area contributed by atoms with Crippen molar-refractivity contribution in [3.05, 3.63) is 210 Å². The van der Waals surface area contributed by atoms with Crippen molar-refractivity contribution in [2.24, 2.45) is 0 Å². The van der Waals surface area contributed by atoms with Crippen LogP contribution in [0.4, 0.5) is 0 Å². The highest BCUT2D eigenvalue weighted by Gasteiger charge is 2.51. The molecule has 0 bridgehead atoms. The van der Waals surface area contributed by atoms with Crippen LogP contribution in [0, 0.1) is 0 Å². The van der Waals surface area contributed by atoms with E-state index in [1.165, 1.54) is 48.3 Å². The third-order valence-corrected chi connectivity index (χ3v) is 12.7. The van der Waals surface area contributed by atoms with E-state index in [9.17, 15) is 0 Å². The minimum Gasteiger partial charge on any atom is -0.457 e. The Labute approximate surface area is 333 Å². The molecule has 0 amide bonds. The van der Waals surface area contributed by atoms with Gasteiger partial charge in [0.05, 0.1) is 5.41 Å². The van der Waals surface area contributed by atoms with Crippen molar-refractivity contribution in [3.63, 3.8) is 0 Å². The molecule has 0 saturated heterocycles. The van der Waals surface area contributed by atoms with Gasteiger partial charge in [-0.1, -0.05) is 152 Å². The summed E-state index contributed by atoms with van der Waals surface area (Å²) in [4.78, 5) is 15.2. The maximum absolute atomic E-state index is 6.87. The van der Waals surface area contributed by atoms with Crippen LogP contribution in [0.15, 0.2) is 188 Å². The zero-order valence-electron chi connectivity index (χ0n) is 30.6. The molecule has 1 aliphatic carbocycles. The fraction of sp³-hybridized carbons (Fsp3) is 0.0192. The number of nitrogens with zero attached hydrogens (tertiary/aromatic N) is 3. The number of hydrogen-bond donors (Lipinski definition) is 0. The van der Waals surface area contributed by atoms with E-state index in [1.54, 1.807) is 0 Å². The van der Waals surface area contributed by atoms with E-state index < -0.39 is 5.41 Å². The molecule has 3 heterocycles. The van der Waals surface area contributed by atoms with Gasteiger partial charge in [-0.25, -0.2) is 15.0 Å². The molecule has 12 rings (SSSR count). The van der Waals surface area contributed by atoms with Crippen LogP contribution in [0.1, 0.15) is 22.3 Å². The van der Waals surface area contributed by atoms with Crippen LogP contribution in [0.25, 0.3) is 76.6 Å². The first-order chi connectivity index (χ1) is 28.2. The number of ether oxygens (including phenoxy) is 1. The molecule has 0 fully saturated rings. The summed E-state index contributed by atoms with van der Waals surface area (Å²) in [6, 6.07) is 66.5. The molecule has 0 saturated carbocycles. The van der Waals surface area contributed by atoms with Crippen LogP contribution in [0.5, 0.6) is 11.5 Å². The van der Waals surface area contributed by atoms with E-state index in [0.717, 1.165) is 44.5 Å². The smallest absolute Gasteiger partial charge is 0.164 e. The minimum atomic E-state index is -0.499.